The molecule has 1 aromatic rings. The van der Waals surface area contributed by atoms with E-state index >= 15 is 0 Å². The van der Waals surface area contributed by atoms with Gasteiger partial charge in [-0.2, -0.15) is 5.26 Å². The zero-order valence-electron chi connectivity index (χ0n) is 13.0. The van der Waals surface area contributed by atoms with Gasteiger partial charge >= 0.3 is 0 Å². The third-order valence-electron chi connectivity index (χ3n) is 3.29. The van der Waals surface area contributed by atoms with Crippen LogP contribution in [0.2, 0.25) is 0 Å². The number of hydrogen-bond donors (Lipinski definition) is 0. The lowest BCUT2D eigenvalue weighted by Crippen LogP contribution is -2.41. The minimum atomic E-state index is 0.513. The van der Waals surface area contributed by atoms with Gasteiger partial charge in [-0.15, -0.1) is 0 Å². The van der Waals surface area contributed by atoms with Crippen molar-refractivity contribution in [1.29, 1.82) is 5.26 Å². The molecule has 20 heavy (non-hydrogen) atoms. The molecule has 0 amide bonds. The summed E-state index contributed by atoms with van der Waals surface area (Å²) < 4.78 is 5.73. The molecule has 0 spiro atoms. The van der Waals surface area contributed by atoms with Crippen molar-refractivity contribution in [3.05, 3.63) is 29.8 Å². The van der Waals surface area contributed by atoms with Gasteiger partial charge in [0.15, 0.2) is 0 Å². The van der Waals surface area contributed by atoms with Crippen molar-refractivity contribution in [1.82, 2.24) is 9.80 Å². The van der Waals surface area contributed by atoms with Crippen molar-refractivity contribution in [2.75, 3.05) is 40.3 Å². The Balaban J connectivity index is 2.39. The van der Waals surface area contributed by atoms with E-state index in [1.54, 1.807) is 12.1 Å². The van der Waals surface area contributed by atoms with E-state index in [2.05, 4.69) is 43.8 Å². The average molecular weight is 275 g/mol. The van der Waals surface area contributed by atoms with Crippen LogP contribution < -0.4 is 4.74 Å². The number of nitrogens with zero attached hydrogens (tertiary/aromatic N) is 3. The molecule has 0 saturated carbocycles. The maximum atomic E-state index is 8.74. The zero-order valence-corrected chi connectivity index (χ0v) is 13.0. The van der Waals surface area contributed by atoms with Crippen molar-refractivity contribution in [3.8, 4) is 11.8 Å². The van der Waals surface area contributed by atoms with E-state index in [0.29, 0.717) is 18.2 Å². The number of benzene rings is 1. The third-order valence-corrected chi connectivity index (χ3v) is 3.29. The van der Waals surface area contributed by atoms with Crippen LogP contribution in [0.1, 0.15) is 19.4 Å². The van der Waals surface area contributed by atoms with Crippen LogP contribution >= 0.6 is 0 Å². The summed E-state index contributed by atoms with van der Waals surface area (Å²) in [6.45, 7) is 8.05. The van der Waals surface area contributed by atoms with Crippen molar-refractivity contribution < 1.29 is 4.74 Å². The molecular weight excluding hydrogens is 250 g/mol. The molecular formula is C16H25N3O. The van der Waals surface area contributed by atoms with Crippen molar-refractivity contribution >= 4 is 0 Å². The fourth-order valence-corrected chi connectivity index (χ4v) is 2.24. The molecule has 0 aliphatic carbocycles. The predicted octanol–water partition coefficient (Wildman–Crippen LogP) is 2.21. The molecule has 0 N–H and O–H groups in total. The van der Waals surface area contributed by atoms with Crippen molar-refractivity contribution in [2.24, 2.45) is 0 Å². The fraction of sp³-hybridized carbons (Fsp3) is 0.562. The predicted molar refractivity (Wildman–Crippen MR) is 81.9 cm³/mol. The topological polar surface area (TPSA) is 39.5 Å². The quantitative estimate of drug-likeness (QED) is 0.729. The Kier molecular flexibility index (Phi) is 7.06. The van der Waals surface area contributed by atoms with Crippen LogP contribution in [0.5, 0.6) is 5.75 Å². The summed E-state index contributed by atoms with van der Waals surface area (Å²) in [7, 11) is 4.19. The lowest BCUT2D eigenvalue weighted by atomic mass is 10.2. The largest absolute Gasteiger partial charge is 0.492 e. The second-order valence-corrected chi connectivity index (χ2v) is 5.22. The van der Waals surface area contributed by atoms with E-state index in [4.69, 9.17) is 10.00 Å². The molecule has 1 aromatic carbocycles. The van der Waals surface area contributed by atoms with Crippen LogP contribution in [0.3, 0.4) is 0 Å². The molecule has 1 rings (SSSR count). The molecule has 0 heterocycles. The molecule has 1 atom stereocenters. The Morgan fingerprint density at radius 1 is 1.25 bits per heavy atom. The van der Waals surface area contributed by atoms with Gasteiger partial charge in [-0.05, 0) is 51.8 Å². The van der Waals surface area contributed by atoms with Crippen LogP contribution in [0, 0.1) is 11.3 Å². The van der Waals surface area contributed by atoms with Gasteiger partial charge in [0, 0.05) is 19.1 Å². The van der Waals surface area contributed by atoms with Gasteiger partial charge in [0.2, 0.25) is 0 Å². The molecule has 110 valence electrons. The second-order valence-electron chi connectivity index (χ2n) is 5.22. The van der Waals surface area contributed by atoms with Gasteiger partial charge in [0.1, 0.15) is 12.4 Å². The molecule has 0 bridgehead atoms. The van der Waals surface area contributed by atoms with Gasteiger partial charge in [0.25, 0.3) is 0 Å². The summed E-state index contributed by atoms with van der Waals surface area (Å²) in [5.41, 5.74) is 0.659. The minimum Gasteiger partial charge on any atom is -0.492 e. The van der Waals surface area contributed by atoms with Crippen LogP contribution in [0.25, 0.3) is 0 Å². The third kappa shape index (κ3) is 5.60. The minimum absolute atomic E-state index is 0.513. The van der Waals surface area contributed by atoms with Crippen LogP contribution in [0.15, 0.2) is 24.3 Å². The first-order valence-electron chi connectivity index (χ1n) is 7.08. The number of ether oxygens (including phenoxy) is 1. The zero-order chi connectivity index (χ0) is 15.0. The summed E-state index contributed by atoms with van der Waals surface area (Å²) >= 11 is 0. The van der Waals surface area contributed by atoms with E-state index < -0.39 is 0 Å². The van der Waals surface area contributed by atoms with Gasteiger partial charge < -0.3 is 9.64 Å². The normalized spacial score (nSPS) is 12.4. The fourth-order valence-electron chi connectivity index (χ4n) is 2.24. The monoisotopic (exact) mass is 275 g/mol. The first-order valence-corrected chi connectivity index (χ1v) is 7.08. The highest BCUT2D eigenvalue weighted by molar-refractivity contribution is 5.34. The summed E-state index contributed by atoms with van der Waals surface area (Å²) in [5, 5.41) is 8.74. The van der Waals surface area contributed by atoms with E-state index in [-0.39, 0.29) is 0 Å². The maximum absolute atomic E-state index is 8.74. The van der Waals surface area contributed by atoms with Crippen LogP contribution in [-0.4, -0.2) is 56.2 Å². The lowest BCUT2D eigenvalue weighted by molar-refractivity contribution is 0.152. The summed E-state index contributed by atoms with van der Waals surface area (Å²) in [4.78, 5) is 4.61. The average Bonchev–Trinajstić information content (AvgIpc) is 2.43. The van der Waals surface area contributed by atoms with Gasteiger partial charge in [-0.25, -0.2) is 0 Å². The molecule has 0 radical (unpaired) electrons. The molecule has 0 aliphatic heterocycles. The van der Waals surface area contributed by atoms with E-state index in [9.17, 15) is 0 Å². The summed E-state index contributed by atoms with van der Waals surface area (Å²) in [6.07, 6.45) is 0. The van der Waals surface area contributed by atoms with Crippen molar-refractivity contribution in [3.63, 3.8) is 0 Å². The number of nitriles is 1. The Hall–Kier alpha value is -1.57. The van der Waals surface area contributed by atoms with Gasteiger partial charge in [-0.3, -0.25) is 4.90 Å². The van der Waals surface area contributed by atoms with E-state index in [1.807, 2.05) is 12.1 Å². The standard InChI is InChI=1S/C16H25N3O/c1-5-19(14(2)13-18(3)4)10-11-20-16-8-6-15(12-17)7-9-16/h6-9,14H,5,10-11,13H2,1-4H3. The molecule has 4 nitrogen and oxygen atoms in total. The van der Waals surface area contributed by atoms with Gasteiger partial charge in [0.05, 0.1) is 11.6 Å². The SMILES string of the molecule is CCN(CCOc1ccc(C#N)cc1)C(C)CN(C)C. The second kappa shape index (κ2) is 8.57. The molecule has 0 aromatic heterocycles. The molecule has 4 heteroatoms. The number of rotatable bonds is 8. The van der Waals surface area contributed by atoms with Crippen LogP contribution in [-0.2, 0) is 0 Å². The first-order chi connectivity index (χ1) is 9.56. The number of hydrogen-bond acceptors (Lipinski definition) is 4. The van der Waals surface area contributed by atoms with Crippen molar-refractivity contribution in [2.45, 2.75) is 19.9 Å². The molecule has 0 aliphatic rings. The van der Waals surface area contributed by atoms with Gasteiger partial charge in [-0.1, -0.05) is 6.92 Å². The highest BCUT2D eigenvalue weighted by Crippen LogP contribution is 2.11. The van der Waals surface area contributed by atoms with E-state index in [1.165, 1.54) is 0 Å². The van der Waals surface area contributed by atoms with Crippen LogP contribution in [0.4, 0.5) is 0 Å². The lowest BCUT2D eigenvalue weighted by Gasteiger charge is -2.29. The Bertz CT molecular complexity index is 422. The smallest absolute Gasteiger partial charge is 0.119 e. The Labute approximate surface area is 122 Å². The Morgan fingerprint density at radius 3 is 2.40 bits per heavy atom. The summed E-state index contributed by atoms with van der Waals surface area (Å²) in [5.74, 6) is 0.820. The summed E-state index contributed by atoms with van der Waals surface area (Å²) in [6, 6.07) is 9.87. The first kappa shape index (κ1) is 16.5. The van der Waals surface area contributed by atoms with E-state index in [0.717, 1.165) is 25.4 Å². The highest BCUT2D eigenvalue weighted by Gasteiger charge is 2.12. The highest BCUT2D eigenvalue weighted by atomic mass is 16.5. The molecule has 0 fully saturated rings. The maximum Gasteiger partial charge on any atom is 0.119 e. The molecule has 1 unspecified atom stereocenters. The Morgan fingerprint density at radius 2 is 1.90 bits per heavy atom. The molecule has 0 saturated heterocycles. The number of likely N-dealkylation sites (N-methyl/N-ethyl adjacent to an activating group) is 2.